The smallest absolute Gasteiger partial charge is 0.267 e. The van der Waals surface area contributed by atoms with E-state index in [-0.39, 0.29) is 16.9 Å². The van der Waals surface area contributed by atoms with E-state index < -0.39 is 0 Å². The van der Waals surface area contributed by atoms with Crippen LogP contribution in [0.2, 0.25) is 0 Å². The van der Waals surface area contributed by atoms with Crippen molar-refractivity contribution in [3.63, 3.8) is 0 Å². The van der Waals surface area contributed by atoms with E-state index in [9.17, 15) is 9.59 Å². The van der Waals surface area contributed by atoms with Gasteiger partial charge in [0.05, 0.1) is 11.0 Å². The first-order valence-electron chi connectivity index (χ1n) is 6.82. The lowest BCUT2D eigenvalue weighted by atomic mass is 10.1. The summed E-state index contributed by atoms with van der Waals surface area (Å²) in [5, 5.41) is 1.40. The summed E-state index contributed by atoms with van der Waals surface area (Å²) in [6.07, 6.45) is 6.38. The molecular formula is C17H11N3O2. The van der Waals surface area contributed by atoms with Gasteiger partial charge in [0, 0.05) is 35.6 Å². The third-order valence-corrected chi connectivity index (χ3v) is 3.69. The van der Waals surface area contributed by atoms with E-state index >= 15 is 0 Å². The number of aromatic amines is 1. The second kappa shape index (κ2) is 4.66. The molecule has 4 aromatic rings. The predicted octanol–water partition coefficient (Wildman–Crippen LogP) is 2.57. The lowest BCUT2D eigenvalue weighted by Gasteiger charge is -2.05. The van der Waals surface area contributed by atoms with E-state index in [1.54, 1.807) is 36.8 Å². The minimum absolute atomic E-state index is 0.110. The Hall–Kier alpha value is -3.21. The monoisotopic (exact) mass is 289 g/mol. The Kier molecular flexibility index (Phi) is 2.66. The quantitative estimate of drug-likeness (QED) is 0.548. The fourth-order valence-corrected chi connectivity index (χ4v) is 2.60. The van der Waals surface area contributed by atoms with E-state index in [4.69, 9.17) is 0 Å². The Morgan fingerprint density at radius 2 is 1.91 bits per heavy atom. The molecule has 0 unspecified atom stereocenters. The second-order valence-electron chi connectivity index (χ2n) is 4.99. The second-order valence-corrected chi connectivity index (χ2v) is 4.99. The number of carbonyl (C=O) groups excluding carboxylic acids is 1. The molecule has 1 aromatic carbocycles. The summed E-state index contributed by atoms with van der Waals surface area (Å²) in [4.78, 5) is 32.4. The van der Waals surface area contributed by atoms with Crippen molar-refractivity contribution in [1.29, 1.82) is 0 Å². The SMILES string of the molecule is O=C(c1c[nH]c2c(ccc3cccnc32)c1=O)n1cccc1. The van der Waals surface area contributed by atoms with Crippen LogP contribution in [0, 0.1) is 0 Å². The number of nitrogens with one attached hydrogen (secondary N) is 1. The minimum Gasteiger partial charge on any atom is -0.358 e. The van der Waals surface area contributed by atoms with Crippen molar-refractivity contribution in [2.24, 2.45) is 0 Å². The summed E-state index contributed by atoms with van der Waals surface area (Å²) in [6.45, 7) is 0. The van der Waals surface area contributed by atoms with Gasteiger partial charge in [0.25, 0.3) is 5.91 Å². The van der Waals surface area contributed by atoms with Gasteiger partial charge in [0.2, 0.25) is 5.43 Å². The van der Waals surface area contributed by atoms with Crippen molar-refractivity contribution < 1.29 is 4.79 Å². The molecule has 106 valence electrons. The summed E-state index contributed by atoms with van der Waals surface area (Å²) in [7, 11) is 0. The minimum atomic E-state index is -0.353. The molecule has 0 aliphatic carbocycles. The number of H-pyrrole nitrogens is 1. The topological polar surface area (TPSA) is 67.8 Å². The number of benzene rings is 1. The van der Waals surface area contributed by atoms with E-state index in [1.807, 2.05) is 18.2 Å². The van der Waals surface area contributed by atoms with Crippen LogP contribution in [-0.2, 0) is 0 Å². The van der Waals surface area contributed by atoms with Crippen LogP contribution >= 0.6 is 0 Å². The molecule has 5 nitrogen and oxygen atoms in total. The van der Waals surface area contributed by atoms with E-state index in [0.29, 0.717) is 10.9 Å². The Bertz CT molecular complexity index is 1060. The molecular weight excluding hydrogens is 278 g/mol. The fraction of sp³-hybridized carbons (Fsp3) is 0. The molecule has 3 aromatic heterocycles. The molecule has 22 heavy (non-hydrogen) atoms. The highest BCUT2D eigenvalue weighted by molar-refractivity contribution is 6.05. The number of aromatic nitrogens is 3. The number of pyridine rings is 2. The highest BCUT2D eigenvalue weighted by atomic mass is 16.2. The summed E-state index contributed by atoms with van der Waals surface area (Å²) >= 11 is 0. The van der Waals surface area contributed by atoms with Crippen molar-refractivity contribution in [3.05, 3.63) is 77.0 Å². The average molecular weight is 289 g/mol. The van der Waals surface area contributed by atoms with Crippen LogP contribution in [0.1, 0.15) is 10.4 Å². The van der Waals surface area contributed by atoms with Crippen LogP contribution in [0.15, 0.2) is 66.0 Å². The molecule has 0 aliphatic heterocycles. The Morgan fingerprint density at radius 1 is 1.09 bits per heavy atom. The number of hydrogen-bond acceptors (Lipinski definition) is 3. The molecule has 0 fully saturated rings. The van der Waals surface area contributed by atoms with Crippen LogP contribution in [0.5, 0.6) is 0 Å². The largest absolute Gasteiger partial charge is 0.358 e. The molecule has 0 saturated carbocycles. The van der Waals surface area contributed by atoms with Crippen molar-refractivity contribution >= 4 is 27.7 Å². The van der Waals surface area contributed by atoms with Crippen LogP contribution in [0.25, 0.3) is 21.8 Å². The van der Waals surface area contributed by atoms with Gasteiger partial charge < -0.3 is 4.98 Å². The van der Waals surface area contributed by atoms with Gasteiger partial charge in [-0.3, -0.25) is 19.1 Å². The molecule has 0 saturated heterocycles. The highest BCUT2D eigenvalue weighted by Crippen LogP contribution is 2.19. The summed E-state index contributed by atoms with van der Waals surface area (Å²) in [6, 6.07) is 10.8. The molecule has 1 N–H and O–H groups in total. The van der Waals surface area contributed by atoms with Gasteiger partial charge in [-0.2, -0.15) is 0 Å². The maximum Gasteiger partial charge on any atom is 0.267 e. The van der Waals surface area contributed by atoms with Crippen molar-refractivity contribution in [2.45, 2.75) is 0 Å². The normalized spacial score (nSPS) is 11.1. The lowest BCUT2D eigenvalue weighted by molar-refractivity contribution is 0.0959. The number of carbonyl (C=O) groups is 1. The Balaban J connectivity index is 2.01. The number of rotatable bonds is 1. The maximum atomic E-state index is 12.6. The Labute approximate surface area is 124 Å². The fourth-order valence-electron chi connectivity index (χ4n) is 2.60. The standard InChI is InChI=1S/C17H11N3O2/c21-16-12-6-5-11-4-3-7-18-14(11)15(12)19-10-13(16)17(22)20-8-1-2-9-20/h1-10H,(H,19,21). The summed E-state index contributed by atoms with van der Waals surface area (Å²) in [5.41, 5.74) is 1.18. The van der Waals surface area contributed by atoms with Gasteiger partial charge in [-0.15, -0.1) is 0 Å². The van der Waals surface area contributed by atoms with Crippen LogP contribution in [0.4, 0.5) is 0 Å². The van der Waals surface area contributed by atoms with Crippen LogP contribution < -0.4 is 5.43 Å². The van der Waals surface area contributed by atoms with Gasteiger partial charge in [-0.25, -0.2) is 0 Å². The van der Waals surface area contributed by atoms with E-state index in [1.165, 1.54) is 10.8 Å². The zero-order chi connectivity index (χ0) is 15.1. The average Bonchev–Trinajstić information content (AvgIpc) is 3.09. The van der Waals surface area contributed by atoms with Crippen LogP contribution in [0.3, 0.4) is 0 Å². The van der Waals surface area contributed by atoms with Gasteiger partial charge in [-0.05, 0) is 24.3 Å². The zero-order valence-corrected chi connectivity index (χ0v) is 11.5. The molecule has 0 radical (unpaired) electrons. The molecule has 4 rings (SSSR count). The molecule has 3 heterocycles. The highest BCUT2D eigenvalue weighted by Gasteiger charge is 2.15. The Morgan fingerprint density at radius 3 is 2.73 bits per heavy atom. The van der Waals surface area contributed by atoms with Gasteiger partial charge in [-0.1, -0.05) is 12.1 Å². The maximum absolute atomic E-state index is 12.6. The van der Waals surface area contributed by atoms with Crippen molar-refractivity contribution in [1.82, 2.24) is 14.5 Å². The number of nitrogens with zero attached hydrogens (tertiary/aromatic N) is 2. The van der Waals surface area contributed by atoms with Crippen molar-refractivity contribution in [3.8, 4) is 0 Å². The first kappa shape index (κ1) is 12.5. The number of hydrogen-bond donors (Lipinski definition) is 1. The van der Waals surface area contributed by atoms with Gasteiger partial charge in [0.1, 0.15) is 5.56 Å². The summed E-state index contributed by atoms with van der Waals surface area (Å²) in [5.74, 6) is -0.353. The molecule has 0 aliphatic rings. The van der Waals surface area contributed by atoms with E-state index in [0.717, 1.165) is 10.9 Å². The van der Waals surface area contributed by atoms with Crippen LogP contribution in [-0.4, -0.2) is 20.4 Å². The van der Waals surface area contributed by atoms with Crippen molar-refractivity contribution in [2.75, 3.05) is 0 Å². The summed E-state index contributed by atoms with van der Waals surface area (Å²) < 4.78 is 1.38. The van der Waals surface area contributed by atoms with E-state index in [2.05, 4.69) is 9.97 Å². The molecule has 0 amide bonds. The van der Waals surface area contributed by atoms with Gasteiger partial charge in [0.15, 0.2) is 0 Å². The van der Waals surface area contributed by atoms with Gasteiger partial charge >= 0.3 is 0 Å². The number of fused-ring (bicyclic) bond motifs is 3. The molecule has 0 atom stereocenters. The molecule has 5 heteroatoms. The first-order chi connectivity index (χ1) is 10.8. The third-order valence-electron chi connectivity index (χ3n) is 3.69. The lowest BCUT2D eigenvalue weighted by Crippen LogP contribution is -2.20. The predicted molar refractivity (Wildman–Crippen MR) is 84.0 cm³/mol. The molecule has 0 bridgehead atoms. The molecule has 0 spiro atoms. The third kappa shape index (κ3) is 1.76. The first-order valence-corrected chi connectivity index (χ1v) is 6.82. The zero-order valence-electron chi connectivity index (χ0n) is 11.5.